The van der Waals surface area contributed by atoms with E-state index in [9.17, 15) is 18.7 Å². The Balaban J connectivity index is 2.30. The lowest BCUT2D eigenvalue weighted by Crippen LogP contribution is -2.19. The van der Waals surface area contributed by atoms with E-state index in [0.717, 1.165) is 12.1 Å². The standard InChI is InChI=1S/C17H18F2N4O2/c1-9-12-15(24)16(25)14(13-10(18)5-4-6-11(13)19)20-17(12)23(21-9)8-7-22(2)3/h4-6,25H,7-8H2,1-3H3,(H,20,24). The van der Waals surface area contributed by atoms with Gasteiger partial charge in [-0.25, -0.2) is 13.5 Å². The van der Waals surface area contributed by atoms with Gasteiger partial charge in [-0.2, -0.15) is 5.10 Å². The van der Waals surface area contributed by atoms with Gasteiger partial charge in [0.1, 0.15) is 17.3 Å². The van der Waals surface area contributed by atoms with Crippen molar-refractivity contribution in [2.24, 2.45) is 0 Å². The normalized spacial score (nSPS) is 11.6. The number of hydrogen-bond donors (Lipinski definition) is 2. The van der Waals surface area contributed by atoms with Crippen LogP contribution in [0, 0.1) is 18.6 Å². The molecular formula is C17H18F2N4O2. The Morgan fingerprint density at radius 2 is 1.92 bits per heavy atom. The number of rotatable bonds is 4. The van der Waals surface area contributed by atoms with Crippen molar-refractivity contribution in [1.82, 2.24) is 19.7 Å². The summed E-state index contributed by atoms with van der Waals surface area (Å²) in [7, 11) is 3.79. The Morgan fingerprint density at radius 3 is 2.52 bits per heavy atom. The molecule has 0 radical (unpaired) electrons. The van der Waals surface area contributed by atoms with E-state index in [0.29, 0.717) is 24.4 Å². The van der Waals surface area contributed by atoms with Crippen LogP contribution in [0.1, 0.15) is 5.69 Å². The van der Waals surface area contributed by atoms with Gasteiger partial charge in [-0.15, -0.1) is 0 Å². The highest BCUT2D eigenvalue weighted by Gasteiger charge is 2.22. The van der Waals surface area contributed by atoms with Crippen LogP contribution in [-0.2, 0) is 6.54 Å². The van der Waals surface area contributed by atoms with E-state index in [1.165, 1.54) is 6.07 Å². The summed E-state index contributed by atoms with van der Waals surface area (Å²) in [6, 6.07) is 3.34. The zero-order chi connectivity index (χ0) is 18.3. The molecule has 0 spiro atoms. The van der Waals surface area contributed by atoms with Crippen LogP contribution in [0.25, 0.3) is 22.3 Å². The lowest BCUT2D eigenvalue weighted by Gasteiger charge is -2.11. The van der Waals surface area contributed by atoms with E-state index in [4.69, 9.17) is 0 Å². The molecule has 2 heterocycles. The molecule has 0 fully saturated rings. The average molecular weight is 348 g/mol. The fourth-order valence-electron chi connectivity index (χ4n) is 2.76. The molecule has 0 aliphatic rings. The minimum atomic E-state index is -0.874. The Morgan fingerprint density at radius 1 is 1.28 bits per heavy atom. The molecule has 0 atom stereocenters. The number of likely N-dealkylation sites (N-methyl/N-ethyl adjacent to an activating group) is 1. The van der Waals surface area contributed by atoms with Crippen LogP contribution >= 0.6 is 0 Å². The van der Waals surface area contributed by atoms with Crippen LogP contribution in [-0.4, -0.2) is 45.4 Å². The van der Waals surface area contributed by atoms with Gasteiger partial charge < -0.3 is 15.0 Å². The first-order chi connectivity index (χ1) is 11.8. The molecule has 0 bridgehead atoms. The van der Waals surface area contributed by atoms with E-state index >= 15 is 0 Å². The number of H-pyrrole nitrogens is 1. The highest BCUT2D eigenvalue weighted by Crippen LogP contribution is 2.31. The number of hydrogen-bond acceptors (Lipinski definition) is 4. The Kier molecular flexibility index (Phi) is 4.30. The maximum atomic E-state index is 14.1. The smallest absolute Gasteiger partial charge is 0.235 e. The molecule has 132 valence electrons. The first kappa shape index (κ1) is 17.1. The molecule has 0 saturated carbocycles. The third-order valence-corrected chi connectivity index (χ3v) is 4.02. The predicted molar refractivity (Wildman–Crippen MR) is 90.7 cm³/mol. The average Bonchev–Trinajstić information content (AvgIpc) is 2.85. The van der Waals surface area contributed by atoms with Gasteiger partial charge in [0.2, 0.25) is 5.43 Å². The van der Waals surface area contributed by atoms with Crippen molar-refractivity contribution in [2.45, 2.75) is 13.5 Å². The van der Waals surface area contributed by atoms with Crippen molar-refractivity contribution in [2.75, 3.05) is 20.6 Å². The second-order valence-electron chi connectivity index (χ2n) is 6.11. The predicted octanol–water partition coefficient (Wildman–Crippen LogP) is 2.25. The summed E-state index contributed by atoms with van der Waals surface area (Å²) in [6.45, 7) is 2.77. The number of aryl methyl sites for hydroxylation is 1. The van der Waals surface area contributed by atoms with Crippen molar-refractivity contribution < 1.29 is 13.9 Å². The van der Waals surface area contributed by atoms with E-state index < -0.39 is 28.4 Å². The topological polar surface area (TPSA) is 74.2 Å². The largest absolute Gasteiger partial charge is 0.503 e. The third kappa shape index (κ3) is 2.89. The quantitative estimate of drug-likeness (QED) is 0.758. The SMILES string of the molecule is Cc1nn(CCN(C)C)c2[nH]c(-c3c(F)cccc3F)c(O)c(=O)c12. The zero-order valence-corrected chi connectivity index (χ0v) is 14.1. The number of pyridine rings is 1. The highest BCUT2D eigenvalue weighted by atomic mass is 19.1. The number of aromatic hydroxyl groups is 1. The lowest BCUT2D eigenvalue weighted by atomic mass is 10.1. The van der Waals surface area contributed by atoms with Gasteiger partial charge in [0.05, 0.1) is 28.9 Å². The van der Waals surface area contributed by atoms with Crippen LogP contribution in [0.2, 0.25) is 0 Å². The monoisotopic (exact) mass is 348 g/mol. The van der Waals surface area contributed by atoms with Crippen LogP contribution < -0.4 is 5.43 Å². The van der Waals surface area contributed by atoms with Crippen LogP contribution in [0.4, 0.5) is 8.78 Å². The molecule has 0 aliphatic carbocycles. The lowest BCUT2D eigenvalue weighted by molar-refractivity contribution is 0.375. The molecule has 8 heteroatoms. The molecule has 0 saturated heterocycles. The summed E-state index contributed by atoms with van der Waals surface area (Å²) in [5.74, 6) is -2.48. The van der Waals surface area contributed by atoms with E-state index in [1.54, 1.807) is 11.6 Å². The first-order valence-electron chi connectivity index (χ1n) is 7.72. The molecule has 0 unspecified atom stereocenters. The van der Waals surface area contributed by atoms with Crippen molar-refractivity contribution in [3.63, 3.8) is 0 Å². The van der Waals surface area contributed by atoms with Gasteiger partial charge >= 0.3 is 0 Å². The number of nitrogens with zero attached hydrogens (tertiary/aromatic N) is 3. The van der Waals surface area contributed by atoms with Crippen LogP contribution in [0.5, 0.6) is 5.75 Å². The van der Waals surface area contributed by atoms with Crippen molar-refractivity contribution >= 4 is 11.0 Å². The molecule has 3 rings (SSSR count). The number of fused-ring (bicyclic) bond motifs is 1. The third-order valence-electron chi connectivity index (χ3n) is 4.02. The molecule has 3 aromatic rings. The molecular weight excluding hydrogens is 330 g/mol. The summed E-state index contributed by atoms with van der Waals surface area (Å²) in [4.78, 5) is 17.3. The van der Waals surface area contributed by atoms with Crippen molar-refractivity contribution in [3.8, 4) is 17.0 Å². The van der Waals surface area contributed by atoms with E-state index in [2.05, 4.69) is 10.1 Å². The van der Waals surface area contributed by atoms with E-state index in [1.807, 2.05) is 19.0 Å². The maximum Gasteiger partial charge on any atom is 0.235 e. The van der Waals surface area contributed by atoms with Gasteiger partial charge in [-0.1, -0.05) is 6.07 Å². The molecule has 25 heavy (non-hydrogen) atoms. The molecule has 2 N–H and O–H groups in total. The molecule has 1 aromatic carbocycles. The van der Waals surface area contributed by atoms with Crippen molar-refractivity contribution in [1.29, 1.82) is 0 Å². The molecule has 6 nitrogen and oxygen atoms in total. The Labute approximate surface area is 142 Å². The Bertz CT molecular complexity index is 988. The minimum absolute atomic E-state index is 0.205. The second kappa shape index (κ2) is 6.29. The summed E-state index contributed by atoms with van der Waals surface area (Å²) in [6.07, 6.45) is 0. The van der Waals surface area contributed by atoms with Gasteiger partial charge in [-0.3, -0.25) is 4.79 Å². The number of halogens is 2. The number of nitrogens with one attached hydrogen (secondary N) is 1. The number of aromatic nitrogens is 3. The summed E-state index contributed by atoms with van der Waals surface area (Å²) in [5.41, 5.74) is -0.721. The van der Waals surface area contributed by atoms with Gasteiger partial charge in [0.15, 0.2) is 5.75 Å². The summed E-state index contributed by atoms with van der Waals surface area (Å²) in [5, 5.41) is 14.7. The highest BCUT2D eigenvalue weighted by molar-refractivity contribution is 5.84. The number of aromatic amines is 1. The van der Waals surface area contributed by atoms with Gasteiger partial charge in [0, 0.05) is 6.54 Å². The van der Waals surface area contributed by atoms with Gasteiger partial charge in [0.25, 0.3) is 0 Å². The molecule has 0 amide bonds. The first-order valence-corrected chi connectivity index (χ1v) is 7.72. The van der Waals surface area contributed by atoms with Crippen molar-refractivity contribution in [3.05, 3.63) is 45.8 Å². The fraction of sp³-hybridized carbons (Fsp3) is 0.294. The van der Waals surface area contributed by atoms with Gasteiger partial charge in [-0.05, 0) is 33.2 Å². The summed E-state index contributed by atoms with van der Waals surface area (Å²) < 4.78 is 29.8. The Hall–Kier alpha value is -2.74. The van der Waals surface area contributed by atoms with Crippen LogP contribution in [0.3, 0.4) is 0 Å². The van der Waals surface area contributed by atoms with E-state index in [-0.39, 0.29) is 11.1 Å². The van der Waals surface area contributed by atoms with Crippen LogP contribution in [0.15, 0.2) is 23.0 Å². The minimum Gasteiger partial charge on any atom is -0.503 e. The fourth-order valence-corrected chi connectivity index (χ4v) is 2.76. The summed E-state index contributed by atoms with van der Waals surface area (Å²) >= 11 is 0. The maximum absolute atomic E-state index is 14.1. The second-order valence-corrected chi connectivity index (χ2v) is 6.11. The molecule has 2 aromatic heterocycles. The molecule has 0 aliphatic heterocycles. The number of benzene rings is 1. The zero-order valence-electron chi connectivity index (χ0n) is 14.1.